The second-order valence-corrected chi connectivity index (χ2v) is 14.2. The highest BCUT2D eigenvalue weighted by atomic mass is 32.2. The van der Waals surface area contributed by atoms with Gasteiger partial charge >= 0.3 is 5.97 Å². The van der Waals surface area contributed by atoms with Crippen LogP contribution in [0.25, 0.3) is 0 Å². The molecule has 0 spiro atoms. The van der Waals surface area contributed by atoms with E-state index in [1.54, 1.807) is 19.2 Å². The van der Waals surface area contributed by atoms with Crippen molar-refractivity contribution < 1.29 is 27.5 Å². The normalized spacial score (nSPS) is 12.5. The fourth-order valence-electron chi connectivity index (χ4n) is 5.16. The number of nitrogens with one attached hydrogen (secondary N) is 1. The monoisotopic (exact) mass is 601 g/mol. The van der Waals surface area contributed by atoms with Crippen LogP contribution in [0.4, 0.5) is 5.69 Å². The summed E-state index contributed by atoms with van der Waals surface area (Å²) in [6, 6.07) is 10.8. The summed E-state index contributed by atoms with van der Waals surface area (Å²) < 4.78 is 36.3. The Morgan fingerprint density at radius 3 is 2.21 bits per heavy atom. The Morgan fingerprint density at radius 2 is 1.60 bits per heavy atom. The molecular formula is C34H51NO6S. The average molecular weight is 602 g/mol. The van der Waals surface area contributed by atoms with Gasteiger partial charge in [-0.3, -0.25) is 9.59 Å². The van der Waals surface area contributed by atoms with Crippen LogP contribution < -0.4 is 10.1 Å². The van der Waals surface area contributed by atoms with Crippen LogP contribution in [0.2, 0.25) is 0 Å². The molecule has 1 N–H and O–H groups in total. The molecule has 0 aliphatic rings. The molecule has 1 atom stereocenters. The summed E-state index contributed by atoms with van der Waals surface area (Å²) in [5.41, 5.74) is 3.03. The zero-order chi connectivity index (χ0) is 31.3. The minimum atomic E-state index is -3.41. The van der Waals surface area contributed by atoms with E-state index in [9.17, 15) is 18.0 Å². The maximum atomic E-state index is 13.6. The first-order valence-corrected chi connectivity index (χ1v) is 16.9. The highest BCUT2D eigenvalue weighted by Gasteiger charge is 2.25. The van der Waals surface area contributed by atoms with Crippen LogP contribution >= 0.6 is 0 Å². The molecule has 0 radical (unpaired) electrons. The summed E-state index contributed by atoms with van der Waals surface area (Å²) in [7, 11) is -0.511. The van der Waals surface area contributed by atoms with Gasteiger partial charge in [0.15, 0.2) is 9.84 Å². The van der Waals surface area contributed by atoms with Gasteiger partial charge in [0.1, 0.15) is 5.75 Å². The molecule has 42 heavy (non-hydrogen) atoms. The van der Waals surface area contributed by atoms with Crippen molar-refractivity contribution >= 4 is 27.4 Å². The number of carbonyl (C=O) groups is 2. The maximum Gasteiger partial charge on any atom is 0.309 e. The highest BCUT2D eigenvalue weighted by Crippen LogP contribution is 2.36. The smallest absolute Gasteiger partial charge is 0.309 e. The van der Waals surface area contributed by atoms with Crippen molar-refractivity contribution in [3.63, 3.8) is 0 Å². The quantitative estimate of drug-likeness (QED) is 0.147. The number of benzene rings is 2. The standard InChI is InChI=1S/C34H51NO6S/c1-8-10-12-13-14-15-26(28-18-17-27(24-31(28)40-6)42(38,39)20-11-9-2)23-32(36)35-30-21-25(22-33(37)41-7)16-19-29(30)34(3,4)5/h16-19,21,24,26H,8-15,20,22-23H2,1-7H3,(H,35,36). The third kappa shape index (κ3) is 10.8. The number of methoxy groups -OCH3 is 2. The summed E-state index contributed by atoms with van der Waals surface area (Å²) in [5, 5.41) is 3.13. The lowest BCUT2D eigenvalue weighted by Gasteiger charge is -2.25. The lowest BCUT2D eigenvalue weighted by Crippen LogP contribution is -2.21. The predicted molar refractivity (Wildman–Crippen MR) is 170 cm³/mol. The van der Waals surface area contributed by atoms with Gasteiger partial charge in [0.2, 0.25) is 5.91 Å². The lowest BCUT2D eigenvalue weighted by molar-refractivity contribution is -0.139. The Balaban J connectivity index is 2.39. The fourth-order valence-corrected chi connectivity index (χ4v) is 6.63. The van der Waals surface area contributed by atoms with Crippen LogP contribution in [0.1, 0.15) is 115 Å². The van der Waals surface area contributed by atoms with Gasteiger partial charge in [-0.1, -0.05) is 91.3 Å². The van der Waals surface area contributed by atoms with Crippen molar-refractivity contribution in [2.45, 2.75) is 115 Å². The number of anilines is 1. The van der Waals surface area contributed by atoms with Gasteiger partial charge in [-0.25, -0.2) is 8.42 Å². The van der Waals surface area contributed by atoms with E-state index in [4.69, 9.17) is 9.47 Å². The second kappa shape index (κ2) is 16.7. The van der Waals surface area contributed by atoms with Crippen molar-refractivity contribution in [1.82, 2.24) is 0 Å². The molecule has 7 nitrogen and oxygen atoms in total. The van der Waals surface area contributed by atoms with Gasteiger partial charge in [-0.15, -0.1) is 0 Å². The van der Waals surface area contributed by atoms with Crippen LogP contribution in [0.15, 0.2) is 41.3 Å². The van der Waals surface area contributed by atoms with Crippen LogP contribution in [-0.2, 0) is 36.0 Å². The van der Waals surface area contributed by atoms with E-state index >= 15 is 0 Å². The molecule has 0 bridgehead atoms. The molecular weight excluding hydrogens is 550 g/mol. The Kier molecular flexibility index (Phi) is 14.0. The molecule has 0 aliphatic heterocycles. The molecule has 0 aliphatic carbocycles. The largest absolute Gasteiger partial charge is 0.496 e. The topological polar surface area (TPSA) is 98.8 Å². The Labute approximate surface area is 253 Å². The third-order valence-corrected chi connectivity index (χ3v) is 9.40. The van der Waals surface area contributed by atoms with Crippen molar-refractivity contribution in [3.8, 4) is 5.75 Å². The molecule has 0 saturated carbocycles. The van der Waals surface area contributed by atoms with Gasteiger partial charge in [0, 0.05) is 12.1 Å². The van der Waals surface area contributed by atoms with E-state index in [-0.39, 0.29) is 46.7 Å². The fraction of sp³-hybridized carbons (Fsp3) is 0.588. The Bertz CT molecular complexity index is 1280. The second-order valence-electron chi connectivity index (χ2n) is 12.1. The first kappa shape index (κ1) is 35.3. The number of hydrogen-bond acceptors (Lipinski definition) is 6. The van der Waals surface area contributed by atoms with Gasteiger partial charge in [-0.2, -0.15) is 0 Å². The summed E-state index contributed by atoms with van der Waals surface area (Å²) in [6.45, 7) is 10.4. The predicted octanol–water partition coefficient (Wildman–Crippen LogP) is 7.75. The summed E-state index contributed by atoms with van der Waals surface area (Å²) in [5.74, 6) is -0.0395. The minimum Gasteiger partial charge on any atom is -0.496 e. The number of sulfone groups is 1. The Morgan fingerprint density at radius 1 is 0.905 bits per heavy atom. The van der Waals surface area contributed by atoms with E-state index in [1.165, 1.54) is 13.5 Å². The summed E-state index contributed by atoms with van der Waals surface area (Å²) in [6.07, 6.45) is 8.02. The number of unbranched alkanes of at least 4 members (excludes halogenated alkanes) is 5. The molecule has 0 aromatic heterocycles. The van der Waals surface area contributed by atoms with Gasteiger partial charge in [0.05, 0.1) is 31.3 Å². The van der Waals surface area contributed by atoms with E-state index in [0.717, 1.165) is 55.2 Å². The zero-order valence-electron chi connectivity index (χ0n) is 26.7. The molecule has 0 heterocycles. The minimum absolute atomic E-state index is 0.0976. The first-order chi connectivity index (χ1) is 19.9. The molecule has 2 aromatic carbocycles. The van der Waals surface area contributed by atoms with Gasteiger partial charge < -0.3 is 14.8 Å². The SMILES string of the molecule is CCCCCCCC(CC(=O)Nc1cc(CC(=O)OC)ccc1C(C)(C)C)c1ccc(S(=O)(=O)CCCC)cc1OC. The molecule has 234 valence electrons. The molecule has 0 saturated heterocycles. The van der Waals surface area contributed by atoms with E-state index < -0.39 is 9.84 Å². The lowest BCUT2D eigenvalue weighted by atomic mass is 9.84. The van der Waals surface area contributed by atoms with Crippen LogP contribution in [0, 0.1) is 0 Å². The van der Waals surface area contributed by atoms with E-state index in [2.05, 4.69) is 33.0 Å². The van der Waals surface area contributed by atoms with Crippen molar-refractivity contribution in [1.29, 1.82) is 0 Å². The molecule has 2 rings (SSSR count). The molecule has 1 unspecified atom stereocenters. The van der Waals surface area contributed by atoms with Gasteiger partial charge in [0.25, 0.3) is 0 Å². The van der Waals surface area contributed by atoms with E-state index in [1.807, 2.05) is 31.2 Å². The number of ether oxygens (including phenoxy) is 2. The molecule has 1 amide bonds. The van der Waals surface area contributed by atoms with Crippen LogP contribution in [0.3, 0.4) is 0 Å². The summed E-state index contributed by atoms with van der Waals surface area (Å²) in [4.78, 5) is 25.8. The average Bonchev–Trinajstić information content (AvgIpc) is 2.94. The number of esters is 1. The van der Waals surface area contributed by atoms with Crippen LogP contribution in [0.5, 0.6) is 5.75 Å². The number of amides is 1. The number of hydrogen-bond donors (Lipinski definition) is 1. The number of carbonyl (C=O) groups excluding carboxylic acids is 2. The molecule has 8 heteroatoms. The number of rotatable bonds is 17. The van der Waals surface area contributed by atoms with E-state index in [0.29, 0.717) is 17.9 Å². The van der Waals surface area contributed by atoms with Crippen molar-refractivity contribution in [2.75, 3.05) is 25.3 Å². The third-order valence-electron chi connectivity index (χ3n) is 7.60. The Hall–Kier alpha value is -2.87. The summed E-state index contributed by atoms with van der Waals surface area (Å²) >= 11 is 0. The highest BCUT2D eigenvalue weighted by molar-refractivity contribution is 7.91. The zero-order valence-corrected chi connectivity index (χ0v) is 27.5. The molecule has 2 aromatic rings. The maximum absolute atomic E-state index is 13.6. The van der Waals surface area contributed by atoms with Gasteiger partial charge in [-0.05, 0) is 59.1 Å². The molecule has 0 fully saturated rings. The first-order valence-electron chi connectivity index (χ1n) is 15.3. The van der Waals surface area contributed by atoms with Crippen molar-refractivity contribution in [3.05, 3.63) is 53.1 Å². The van der Waals surface area contributed by atoms with Crippen molar-refractivity contribution in [2.24, 2.45) is 0 Å². The van der Waals surface area contributed by atoms with Crippen LogP contribution in [-0.4, -0.2) is 40.3 Å².